The minimum atomic E-state index is -4.78. The Morgan fingerprint density at radius 3 is 2.14 bits per heavy atom. The molecule has 4 rings (SSSR count). The average molecular weight is 496 g/mol. The molecule has 1 heterocycles. The fourth-order valence-electron chi connectivity index (χ4n) is 3.82. The van der Waals surface area contributed by atoms with Crippen LogP contribution in [0.5, 0.6) is 0 Å². The lowest BCUT2D eigenvalue weighted by Gasteiger charge is -2.18. The normalized spacial score (nSPS) is 11.3. The minimum absolute atomic E-state index is 0.0142. The zero-order valence-corrected chi connectivity index (χ0v) is 19.1. The van der Waals surface area contributed by atoms with E-state index in [1.807, 2.05) is 0 Å². The summed E-state index contributed by atoms with van der Waals surface area (Å²) in [4.78, 5) is 28.5. The number of anilines is 2. The zero-order valence-electron chi connectivity index (χ0n) is 19.1. The third-order valence-electron chi connectivity index (χ3n) is 5.58. The van der Waals surface area contributed by atoms with Crippen molar-refractivity contribution in [2.24, 2.45) is 0 Å². The van der Waals surface area contributed by atoms with E-state index in [4.69, 9.17) is 0 Å². The molecule has 0 aliphatic heterocycles. The first-order valence-corrected chi connectivity index (χ1v) is 10.7. The zero-order chi connectivity index (χ0) is 26.0. The van der Waals surface area contributed by atoms with Crippen LogP contribution in [0.2, 0.25) is 0 Å². The van der Waals surface area contributed by atoms with Crippen LogP contribution in [-0.4, -0.2) is 30.9 Å². The molecule has 0 unspecified atom stereocenters. The topological polar surface area (TPSA) is 83.1 Å². The molecule has 0 radical (unpaired) electrons. The highest BCUT2D eigenvalue weighted by Gasteiger charge is 2.35. The summed E-state index contributed by atoms with van der Waals surface area (Å²) in [6.07, 6.45) is -3.59. The van der Waals surface area contributed by atoms with Gasteiger partial charge in [-0.25, -0.2) is 4.39 Å². The summed E-state index contributed by atoms with van der Waals surface area (Å²) in [5, 5.41) is 8.10. The molecule has 0 fully saturated rings. The standard InChI is InChI=1S/C26H20F4N4O2/c1-31-24(35)16-9-8-14(10-21(16)27)17-11-18-22(12-20(17)26(28,29)30)33-13-19(25(36)32-2)23(18)34-15-6-4-3-5-7-15/h3-13H,1-2H3,(H,31,35)(H,32,36)(H,33,34). The van der Waals surface area contributed by atoms with E-state index in [-0.39, 0.29) is 38.8 Å². The highest BCUT2D eigenvalue weighted by atomic mass is 19.4. The fraction of sp³-hybridized carbons (Fsp3) is 0.115. The van der Waals surface area contributed by atoms with E-state index in [1.165, 1.54) is 32.4 Å². The molecule has 36 heavy (non-hydrogen) atoms. The highest BCUT2D eigenvalue weighted by Crippen LogP contribution is 2.42. The predicted octanol–water partition coefficient (Wildman–Crippen LogP) is 5.52. The van der Waals surface area contributed by atoms with Gasteiger partial charge in [-0.2, -0.15) is 13.2 Å². The van der Waals surface area contributed by atoms with Gasteiger partial charge in [-0.15, -0.1) is 0 Å². The van der Waals surface area contributed by atoms with E-state index in [0.717, 1.165) is 18.2 Å². The minimum Gasteiger partial charge on any atom is -0.355 e. The Balaban J connectivity index is 2.01. The van der Waals surface area contributed by atoms with Gasteiger partial charge >= 0.3 is 6.18 Å². The van der Waals surface area contributed by atoms with E-state index in [0.29, 0.717) is 5.69 Å². The number of carbonyl (C=O) groups excluding carboxylic acids is 2. The number of amides is 2. The molecule has 0 aliphatic rings. The number of pyridine rings is 1. The summed E-state index contributed by atoms with van der Waals surface area (Å²) in [6.45, 7) is 0. The lowest BCUT2D eigenvalue weighted by atomic mass is 9.94. The summed E-state index contributed by atoms with van der Waals surface area (Å²) in [5.41, 5.74) is -0.825. The molecule has 1 aromatic heterocycles. The van der Waals surface area contributed by atoms with Gasteiger partial charge in [-0.3, -0.25) is 14.6 Å². The van der Waals surface area contributed by atoms with Crippen molar-refractivity contribution in [3.63, 3.8) is 0 Å². The smallest absolute Gasteiger partial charge is 0.355 e. The second kappa shape index (κ2) is 9.65. The van der Waals surface area contributed by atoms with Crippen LogP contribution < -0.4 is 16.0 Å². The number of alkyl halides is 3. The first kappa shape index (κ1) is 24.6. The van der Waals surface area contributed by atoms with Crippen molar-refractivity contribution in [1.82, 2.24) is 15.6 Å². The third-order valence-corrected chi connectivity index (χ3v) is 5.58. The number of rotatable bonds is 5. The van der Waals surface area contributed by atoms with Crippen LogP contribution in [0.1, 0.15) is 26.3 Å². The Hall–Kier alpha value is -4.47. The molecule has 0 atom stereocenters. The largest absolute Gasteiger partial charge is 0.417 e. The molecule has 4 aromatic rings. The molecule has 0 aliphatic carbocycles. The van der Waals surface area contributed by atoms with E-state index in [1.54, 1.807) is 30.3 Å². The molecule has 0 spiro atoms. The van der Waals surface area contributed by atoms with E-state index < -0.39 is 29.4 Å². The van der Waals surface area contributed by atoms with Crippen LogP contribution >= 0.6 is 0 Å². The maximum Gasteiger partial charge on any atom is 0.417 e. The van der Waals surface area contributed by atoms with Crippen molar-refractivity contribution in [3.8, 4) is 11.1 Å². The van der Waals surface area contributed by atoms with Gasteiger partial charge < -0.3 is 16.0 Å². The number of halogens is 4. The molecule has 3 aromatic carbocycles. The molecular formula is C26H20F4N4O2. The van der Waals surface area contributed by atoms with Gasteiger partial charge in [0.15, 0.2) is 0 Å². The highest BCUT2D eigenvalue weighted by molar-refractivity contribution is 6.09. The predicted molar refractivity (Wildman–Crippen MR) is 129 cm³/mol. The summed E-state index contributed by atoms with van der Waals surface area (Å²) < 4.78 is 56.9. The van der Waals surface area contributed by atoms with Crippen molar-refractivity contribution in [1.29, 1.82) is 0 Å². The molecule has 3 N–H and O–H groups in total. The Kier molecular flexibility index (Phi) is 6.61. The van der Waals surface area contributed by atoms with Crippen LogP contribution in [-0.2, 0) is 6.18 Å². The van der Waals surface area contributed by atoms with Crippen molar-refractivity contribution < 1.29 is 27.2 Å². The number of hydrogen-bond acceptors (Lipinski definition) is 4. The number of nitrogens with zero attached hydrogens (tertiary/aromatic N) is 1. The maximum absolute atomic E-state index is 14.7. The van der Waals surface area contributed by atoms with Gasteiger partial charge in [0.05, 0.1) is 27.9 Å². The quantitative estimate of drug-likeness (QED) is 0.318. The van der Waals surface area contributed by atoms with Gasteiger partial charge in [0.1, 0.15) is 5.82 Å². The van der Waals surface area contributed by atoms with E-state index >= 15 is 0 Å². The number of aromatic nitrogens is 1. The summed E-state index contributed by atoms with van der Waals surface area (Å²) >= 11 is 0. The Morgan fingerprint density at radius 2 is 1.53 bits per heavy atom. The van der Waals surface area contributed by atoms with Gasteiger partial charge in [0.25, 0.3) is 11.8 Å². The maximum atomic E-state index is 14.7. The molecule has 184 valence electrons. The first-order chi connectivity index (χ1) is 17.1. The number of benzene rings is 3. The number of fused-ring (bicyclic) bond motifs is 1. The summed E-state index contributed by atoms with van der Waals surface area (Å²) in [7, 11) is 2.74. The van der Waals surface area contributed by atoms with E-state index in [9.17, 15) is 27.2 Å². The van der Waals surface area contributed by atoms with E-state index in [2.05, 4.69) is 20.9 Å². The fourth-order valence-corrected chi connectivity index (χ4v) is 3.82. The monoisotopic (exact) mass is 496 g/mol. The SMILES string of the molecule is CNC(=O)c1ccc(-c2cc3c(Nc4ccccc4)c(C(=O)NC)cnc3cc2C(F)(F)F)cc1F. The van der Waals surface area contributed by atoms with Gasteiger partial charge in [-0.1, -0.05) is 24.3 Å². The lowest BCUT2D eigenvalue weighted by molar-refractivity contribution is -0.137. The molecule has 0 bridgehead atoms. The van der Waals surface area contributed by atoms with Crippen LogP contribution in [0.15, 0.2) is 66.9 Å². The molecule has 10 heteroatoms. The Morgan fingerprint density at radius 1 is 0.861 bits per heavy atom. The molecule has 6 nitrogen and oxygen atoms in total. The van der Waals surface area contributed by atoms with Crippen LogP contribution in [0.4, 0.5) is 28.9 Å². The number of para-hydroxylation sites is 1. The summed E-state index contributed by atoms with van der Waals surface area (Å²) in [5.74, 6) is -2.17. The second-order valence-electron chi connectivity index (χ2n) is 7.80. The van der Waals surface area contributed by atoms with Crippen molar-refractivity contribution in [2.45, 2.75) is 6.18 Å². The van der Waals surface area contributed by atoms with Crippen LogP contribution in [0.3, 0.4) is 0 Å². The molecule has 2 amide bonds. The first-order valence-electron chi connectivity index (χ1n) is 10.7. The van der Waals surface area contributed by atoms with Crippen LogP contribution in [0.25, 0.3) is 22.0 Å². The number of carbonyl (C=O) groups is 2. The summed E-state index contributed by atoms with van der Waals surface area (Å²) in [6, 6.07) is 14.1. The van der Waals surface area contributed by atoms with Gasteiger partial charge in [0.2, 0.25) is 0 Å². The van der Waals surface area contributed by atoms with Crippen molar-refractivity contribution in [3.05, 3.63) is 89.4 Å². The number of nitrogens with one attached hydrogen (secondary N) is 3. The molecule has 0 saturated heterocycles. The Bertz CT molecular complexity index is 1470. The molecule has 0 saturated carbocycles. The molecular weight excluding hydrogens is 476 g/mol. The number of hydrogen-bond donors (Lipinski definition) is 3. The van der Waals surface area contributed by atoms with Crippen molar-refractivity contribution in [2.75, 3.05) is 19.4 Å². The Labute approximate surface area is 203 Å². The van der Waals surface area contributed by atoms with Gasteiger partial charge in [-0.05, 0) is 47.5 Å². The third kappa shape index (κ3) is 4.70. The lowest BCUT2D eigenvalue weighted by Crippen LogP contribution is -2.20. The van der Waals surface area contributed by atoms with Crippen molar-refractivity contribution >= 4 is 34.1 Å². The second-order valence-corrected chi connectivity index (χ2v) is 7.80. The average Bonchev–Trinajstić information content (AvgIpc) is 2.87. The van der Waals surface area contributed by atoms with Crippen LogP contribution in [0, 0.1) is 5.82 Å². The van der Waals surface area contributed by atoms with Gasteiger partial charge in [0, 0.05) is 31.4 Å².